The molecule has 0 aromatic heterocycles. The van der Waals surface area contributed by atoms with Crippen molar-refractivity contribution in [1.29, 1.82) is 0 Å². The van der Waals surface area contributed by atoms with E-state index in [9.17, 15) is 31.2 Å². The fraction of sp³-hybridized carbons (Fsp3) is 0.375. The van der Waals surface area contributed by atoms with Gasteiger partial charge in [-0.2, -0.15) is 13.2 Å². The van der Waals surface area contributed by atoms with E-state index in [1.165, 1.54) is 24.3 Å². The molecule has 0 atom stereocenters. The average molecular weight is 390 g/mol. The summed E-state index contributed by atoms with van der Waals surface area (Å²) in [7, 11) is -3.53. The Morgan fingerprint density at radius 3 is 2.12 bits per heavy atom. The fourth-order valence-electron chi connectivity index (χ4n) is 2.55. The summed E-state index contributed by atoms with van der Waals surface area (Å²) in [5.74, 6) is -2.72. The zero-order valence-corrected chi connectivity index (χ0v) is 14.4. The van der Waals surface area contributed by atoms with Gasteiger partial charge in [-0.25, -0.2) is 8.42 Å². The molecule has 6 nitrogen and oxygen atoms in total. The third-order valence-corrected chi connectivity index (χ3v) is 5.83. The molecule has 1 heterocycles. The van der Waals surface area contributed by atoms with Crippen molar-refractivity contribution in [3.8, 4) is 0 Å². The highest BCUT2D eigenvalue weighted by Crippen LogP contribution is 2.39. The first-order valence-electron chi connectivity index (χ1n) is 7.61. The molecule has 0 bridgehead atoms. The van der Waals surface area contributed by atoms with Crippen LogP contribution in [0.4, 0.5) is 18.9 Å². The SMILES string of the molecule is C=CC(=O)Nc1ccc(C(=O)NC2(C(F)(F)F)CCS(=O)(=O)CC2)cc1. The van der Waals surface area contributed by atoms with Crippen molar-refractivity contribution in [3.63, 3.8) is 0 Å². The number of amides is 2. The van der Waals surface area contributed by atoms with Gasteiger partial charge in [-0.3, -0.25) is 9.59 Å². The number of carbonyl (C=O) groups excluding carboxylic acids is 2. The quantitative estimate of drug-likeness (QED) is 0.770. The molecule has 0 spiro atoms. The Bertz CT molecular complexity index is 803. The Balaban J connectivity index is 2.17. The largest absolute Gasteiger partial charge is 0.411 e. The number of alkyl halides is 3. The average Bonchev–Trinajstić information content (AvgIpc) is 2.56. The molecule has 1 aromatic carbocycles. The maximum atomic E-state index is 13.5. The highest BCUT2D eigenvalue weighted by atomic mass is 32.2. The Labute approximate surface area is 148 Å². The molecule has 26 heavy (non-hydrogen) atoms. The Hall–Kier alpha value is -2.36. The first-order valence-corrected chi connectivity index (χ1v) is 9.43. The van der Waals surface area contributed by atoms with Gasteiger partial charge in [0.2, 0.25) is 5.91 Å². The molecule has 0 aliphatic carbocycles. The Kier molecular flexibility index (Phi) is 5.45. The van der Waals surface area contributed by atoms with Gasteiger partial charge in [0.1, 0.15) is 5.54 Å². The predicted molar refractivity (Wildman–Crippen MR) is 89.4 cm³/mol. The van der Waals surface area contributed by atoms with Crippen molar-refractivity contribution in [2.75, 3.05) is 16.8 Å². The van der Waals surface area contributed by atoms with Crippen molar-refractivity contribution in [3.05, 3.63) is 42.5 Å². The van der Waals surface area contributed by atoms with Crippen molar-refractivity contribution >= 4 is 27.3 Å². The van der Waals surface area contributed by atoms with Gasteiger partial charge in [0, 0.05) is 11.3 Å². The Morgan fingerprint density at radius 2 is 1.65 bits per heavy atom. The standard InChI is InChI=1S/C16H17F3N2O4S/c1-2-13(22)20-12-5-3-11(4-6-12)14(23)21-15(16(17,18)19)7-9-26(24,25)10-8-15/h2-6H,1,7-10H2,(H,20,22)(H,21,23). The lowest BCUT2D eigenvalue weighted by atomic mass is 9.91. The second-order valence-corrected chi connectivity index (χ2v) is 8.26. The lowest BCUT2D eigenvalue weighted by molar-refractivity contribution is -0.195. The van der Waals surface area contributed by atoms with Crippen molar-refractivity contribution in [2.24, 2.45) is 0 Å². The number of hydrogen-bond donors (Lipinski definition) is 2. The number of benzene rings is 1. The first-order chi connectivity index (χ1) is 12.0. The second-order valence-electron chi connectivity index (χ2n) is 5.96. The molecule has 0 radical (unpaired) electrons. The first kappa shape index (κ1) is 20.0. The van der Waals surface area contributed by atoms with Crippen LogP contribution in [0, 0.1) is 0 Å². The van der Waals surface area contributed by atoms with Crippen LogP contribution in [0.2, 0.25) is 0 Å². The lowest BCUT2D eigenvalue weighted by Gasteiger charge is -2.39. The zero-order valence-electron chi connectivity index (χ0n) is 13.6. The van der Waals surface area contributed by atoms with E-state index in [1.54, 1.807) is 0 Å². The number of carbonyl (C=O) groups is 2. The van der Waals surface area contributed by atoms with Crippen LogP contribution < -0.4 is 10.6 Å². The van der Waals surface area contributed by atoms with Crippen molar-refractivity contribution in [2.45, 2.75) is 24.6 Å². The molecule has 1 aliphatic rings. The van der Waals surface area contributed by atoms with E-state index in [2.05, 4.69) is 11.9 Å². The van der Waals surface area contributed by atoms with E-state index in [0.717, 1.165) is 6.08 Å². The smallest absolute Gasteiger partial charge is 0.338 e. The molecule has 142 valence electrons. The monoisotopic (exact) mass is 390 g/mol. The zero-order chi connectivity index (χ0) is 19.6. The molecule has 0 unspecified atom stereocenters. The number of sulfone groups is 1. The molecule has 2 N–H and O–H groups in total. The molecule has 1 aliphatic heterocycles. The summed E-state index contributed by atoms with van der Waals surface area (Å²) in [5.41, 5.74) is -2.27. The van der Waals surface area contributed by atoms with Crippen LogP contribution in [0.25, 0.3) is 0 Å². The molecule has 10 heteroatoms. The van der Waals surface area contributed by atoms with Crippen LogP contribution in [-0.4, -0.2) is 43.5 Å². The summed E-state index contributed by atoms with van der Waals surface area (Å²) in [5, 5.41) is 4.41. The summed E-state index contributed by atoms with van der Waals surface area (Å²) in [4.78, 5) is 23.4. The number of rotatable bonds is 4. The van der Waals surface area contributed by atoms with Gasteiger partial charge in [-0.05, 0) is 43.2 Å². The topological polar surface area (TPSA) is 92.3 Å². The fourth-order valence-corrected chi connectivity index (χ4v) is 4.08. The Morgan fingerprint density at radius 1 is 1.12 bits per heavy atom. The van der Waals surface area contributed by atoms with E-state index < -0.39 is 57.7 Å². The maximum absolute atomic E-state index is 13.5. The van der Waals surface area contributed by atoms with E-state index in [-0.39, 0.29) is 5.56 Å². The van der Waals surface area contributed by atoms with E-state index in [4.69, 9.17) is 0 Å². The molecule has 2 rings (SSSR count). The van der Waals surface area contributed by atoms with Gasteiger partial charge in [0.05, 0.1) is 11.5 Å². The predicted octanol–water partition coefficient (Wildman–Crippen LogP) is 2.05. The number of hydrogen-bond acceptors (Lipinski definition) is 4. The molecule has 0 saturated carbocycles. The molecular weight excluding hydrogens is 373 g/mol. The van der Waals surface area contributed by atoms with Crippen molar-refractivity contribution < 1.29 is 31.2 Å². The van der Waals surface area contributed by atoms with Crippen LogP contribution in [0.1, 0.15) is 23.2 Å². The van der Waals surface area contributed by atoms with E-state index >= 15 is 0 Å². The highest BCUT2D eigenvalue weighted by Gasteiger charge is 2.57. The van der Waals surface area contributed by atoms with Crippen LogP contribution in [0.3, 0.4) is 0 Å². The lowest BCUT2D eigenvalue weighted by Crippen LogP contribution is -2.62. The summed E-state index contributed by atoms with van der Waals surface area (Å²) < 4.78 is 63.4. The van der Waals surface area contributed by atoms with Gasteiger partial charge < -0.3 is 10.6 Å². The van der Waals surface area contributed by atoms with Gasteiger partial charge in [-0.15, -0.1) is 0 Å². The number of halogens is 3. The van der Waals surface area contributed by atoms with Gasteiger partial charge in [-0.1, -0.05) is 6.58 Å². The second kappa shape index (κ2) is 7.10. The van der Waals surface area contributed by atoms with Crippen LogP contribution >= 0.6 is 0 Å². The maximum Gasteiger partial charge on any atom is 0.411 e. The van der Waals surface area contributed by atoms with Crippen molar-refractivity contribution in [1.82, 2.24) is 5.32 Å². The molecule has 1 fully saturated rings. The summed E-state index contributed by atoms with van der Waals surface area (Å²) in [6, 6.07) is 5.25. The summed E-state index contributed by atoms with van der Waals surface area (Å²) >= 11 is 0. The highest BCUT2D eigenvalue weighted by molar-refractivity contribution is 7.91. The third kappa shape index (κ3) is 4.43. The van der Waals surface area contributed by atoms with Crippen LogP contribution in [0.5, 0.6) is 0 Å². The van der Waals surface area contributed by atoms with Crippen LogP contribution in [-0.2, 0) is 14.6 Å². The van der Waals surface area contributed by atoms with Gasteiger partial charge in [0.25, 0.3) is 5.91 Å². The molecule has 1 aromatic rings. The van der Waals surface area contributed by atoms with E-state index in [0.29, 0.717) is 5.69 Å². The molecule has 1 saturated heterocycles. The third-order valence-electron chi connectivity index (χ3n) is 4.18. The number of anilines is 1. The summed E-state index contributed by atoms with van der Waals surface area (Å²) in [6.07, 6.45) is -5.18. The van der Waals surface area contributed by atoms with Gasteiger partial charge >= 0.3 is 6.18 Å². The molecule has 2 amide bonds. The minimum absolute atomic E-state index is 0.0429. The normalized spacial score (nSPS) is 18.6. The minimum atomic E-state index is -4.78. The van der Waals surface area contributed by atoms with Gasteiger partial charge in [0.15, 0.2) is 9.84 Å². The number of nitrogens with one attached hydrogen (secondary N) is 2. The van der Waals surface area contributed by atoms with Crippen LogP contribution in [0.15, 0.2) is 36.9 Å². The molecular formula is C16H17F3N2O4S. The van der Waals surface area contributed by atoms with E-state index in [1.807, 2.05) is 5.32 Å². The minimum Gasteiger partial charge on any atom is -0.338 e. The summed E-state index contributed by atoms with van der Waals surface area (Å²) in [6.45, 7) is 3.28.